The first kappa shape index (κ1) is 32.8. The van der Waals surface area contributed by atoms with Gasteiger partial charge in [-0.1, -0.05) is 111 Å². The Kier molecular flexibility index (Phi) is 9.61. The largest absolute Gasteiger partial charge is 0.508 e. The maximum absolute atomic E-state index is 10.8. The predicted octanol–water partition coefficient (Wildman–Crippen LogP) is 9.55. The second-order valence-corrected chi connectivity index (χ2v) is 13.5. The highest BCUT2D eigenvalue weighted by molar-refractivity contribution is 5.57. The first-order valence-corrected chi connectivity index (χ1v) is 15.4. The zero-order valence-electron chi connectivity index (χ0n) is 27.3. The number of aromatic hydroxyl groups is 2. The van der Waals surface area contributed by atoms with E-state index < -0.39 is 11.5 Å². The van der Waals surface area contributed by atoms with Gasteiger partial charge in [0.05, 0.1) is 6.10 Å². The van der Waals surface area contributed by atoms with Crippen LogP contribution in [0.5, 0.6) is 11.5 Å². The zero-order valence-corrected chi connectivity index (χ0v) is 27.3. The van der Waals surface area contributed by atoms with Gasteiger partial charge in [0, 0.05) is 10.8 Å². The standard InChI is InChI=1S/C41H48O3/c1-26(2)20-29-23-34(14-17-37(29)42)40(7,8)32-10-12-33(13-11-32)41(9,35-15-18-38(43)30(24-35)21-27(3)4)36-16-19-39(44)31(25-36)22-28(5)6/h10-18,23-25,39,42-44H,1,3,5,19-22H2,2,4,6-9H3. The van der Waals surface area contributed by atoms with Crippen LogP contribution in [0, 0.1) is 0 Å². The minimum Gasteiger partial charge on any atom is -0.508 e. The highest BCUT2D eigenvalue weighted by atomic mass is 16.3. The van der Waals surface area contributed by atoms with E-state index in [0.717, 1.165) is 61.2 Å². The molecule has 3 heteroatoms. The topological polar surface area (TPSA) is 60.7 Å². The fourth-order valence-electron chi connectivity index (χ4n) is 6.30. The summed E-state index contributed by atoms with van der Waals surface area (Å²) in [5.74, 6) is 0.561. The molecule has 0 amide bonds. The summed E-state index contributed by atoms with van der Waals surface area (Å²) in [4.78, 5) is 0. The molecule has 0 fully saturated rings. The van der Waals surface area contributed by atoms with Gasteiger partial charge in [0.15, 0.2) is 0 Å². The second-order valence-electron chi connectivity index (χ2n) is 13.5. The van der Waals surface area contributed by atoms with E-state index in [0.29, 0.717) is 31.4 Å². The Morgan fingerprint density at radius 1 is 0.682 bits per heavy atom. The summed E-state index contributed by atoms with van der Waals surface area (Å²) in [6.45, 7) is 24.8. The molecule has 1 aliphatic rings. The summed E-state index contributed by atoms with van der Waals surface area (Å²) in [6.07, 6.45) is 6.19. The van der Waals surface area contributed by atoms with E-state index in [9.17, 15) is 15.3 Å². The van der Waals surface area contributed by atoms with E-state index in [-0.39, 0.29) is 11.2 Å². The lowest BCUT2D eigenvalue weighted by Crippen LogP contribution is -2.29. The first-order valence-electron chi connectivity index (χ1n) is 15.4. The molecule has 0 saturated heterocycles. The molecular weight excluding hydrogens is 540 g/mol. The van der Waals surface area contributed by atoms with Crippen LogP contribution in [-0.2, 0) is 23.7 Å². The number of phenolic OH excluding ortho intramolecular Hbond substituents is 2. The summed E-state index contributed by atoms with van der Waals surface area (Å²) in [6, 6.07) is 20.6. The van der Waals surface area contributed by atoms with Gasteiger partial charge in [-0.2, -0.15) is 0 Å². The average molecular weight is 589 g/mol. The quantitative estimate of drug-likeness (QED) is 0.196. The minimum absolute atomic E-state index is 0.266. The second kappa shape index (κ2) is 12.9. The molecule has 2 unspecified atom stereocenters. The van der Waals surface area contributed by atoms with Crippen LogP contribution in [-0.4, -0.2) is 21.4 Å². The molecule has 230 valence electrons. The van der Waals surface area contributed by atoms with Crippen molar-refractivity contribution >= 4 is 0 Å². The molecule has 3 aromatic carbocycles. The molecule has 44 heavy (non-hydrogen) atoms. The van der Waals surface area contributed by atoms with Gasteiger partial charge in [-0.3, -0.25) is 0 Å². The maximum Gasteiger partial charge on any atom is 0.119 e. The molecule has 0 bridgehead atoms. The third-order valence-corrected chi connectivity index (χ3v) is 9.04. The van der Waals surface area contributed by atoms with Crippen LogP contribution < -0.4 is 0 Å². The fraction of sp³-hybridized carbons (Fsp3) is 0.317. The number of hydrogen-bond acceptors (Lipinski definition) is 3. The fourth-order valence-corrected chi connectivity index (χ4v) is 6.30. The molecule has 0 saturated carbocycles. The summed E-state index contributed by atoms with van der Waals surface area (Å²) in [5, 5.41) is 32.0. The Balaban J connectivity index is 1.84. The molecular formula is C41H48O3. The number of allylic oxidation sites excluding steroid dienone is 5. The number of phenols is 2. The molecule has 2 atom stereocenters. The van der Waals surface area contributed by atoms with Crippen LogP contribution in [0.25, 0.3) is 0 Å². The summed E-state index contributed by atoms with van der Waals surface area (Å²) in [7, 11) is 0. The van der Waals surface area contributed by atoms with Crippen molar-refractivity contribution in [2.24, 2.45) is 0 Å². The molecule has 3 nitrogen and oxygen atoms in total. The average Bonchev–Trinajstić information content (AvgIpc) is 2.95. The zero-order chi connectivity index (χ0) is 32.4. The third kappa shape index (κ3) is 6.84. The number of benzene rings is 3. The molecule has 1 aliphatic carbocycles. The number of aliphatic hydroxyl groups excluding tert-OH is 1. The monoisotopic (exact) mass is 588 g/mol. The van der Waals surface area contributed by atoms with Crippen LogP contribution in [0.2, 0.25) is 0 Å². The molecule has 0 aromatic heterocycles. The highest BCUT2D eigenvalue weighted by Crippen LogP contribution is 2.45. The van der Waals surface area contributed by atoms with Crippen molar-refractivity contribution in [3.05, 3.63) is 154 Å². The van der Waals surface area contributed by atoms with Crippen molar-refractivity contribution in [1.82, 2.24) is 0 Å². The SMILES string of the molecule is C=C(C)CC1=CC(C(C)(c2ccc(C(C)(C)c3ccc(O)c(CC(=C)C)c3)cc2)c2ccc(O)c(CC(=C)C)c2)=CCC1O. The van der Waals surface area contributed by atoms with Crippen LogP contribution in [0.15, 0.2) is 120 Å². The Morgan fingerprint density at radius 3 is 1.66 bits per heavy atom. The lowest BCUT2D eigenvalue weighted by molar-refractivity contribution is 0.209. The van der Waals surface area contributed by atoms with E-state index in [1.807, 2.05) is 32.9 Å². The van der Waals surface area contributed by atoms with Gasteiger partial charge < -0.3 is 15.3 Å². The van der Waals surface area contributed by atoms with E-state index >= 15 is 0 Å². The number of rotatable bonds is 11. The molecule has 0 aliphatic heterocycles. The number of aliphatic hydroxyl groups is 1. The van der Waals surface area contributed by atoms with Crippen LogP contribution in [0.3, 0.4) is 0 Å². The van der Waals surface area contributed by atoms with Crippen molar-refractivity contribution in [3.63, 3.8) is 0 Å². The normalized spacial score (nSPS) is 16.5. The Labute approximate surface area is 264 Å². The van der Waals surface area contributed by atoms with Gasteiger partial charge in [-0.15, -0.1) is 0 Å². The minimum atomic E-state index is -0.548. The summed E-state index contributed by atoms with van der Waals surface area (Å²) < 4.78 is 0. The molecule has 0 spiro atoms. The predicted molar refractivity (Wildman–Crippen MR) is 184 cm³/mol. The lowest BCUT2D eigenvalue weighted by Gasteiger charge is -2.36. The Bertz CT molecular complexity index is 1650. The molecule has 3 aromatic rings. The van der Waals surface area contributed by atoms with Crippen LogP contribution in [0.1, 0.15) is 87.8 Å². The van der Waals surface area contributed by atoms with Crippen LogP contribution in [0.4, 0.5) is 0 Å². The summed E-state index contributed by atoms with van der Waals surface area (Å²) in [5.41, 5.74) is 10.4. The van der Waals surface area contributed by atoms with E-state index in [4.69, 9.17) is 0 Å². The van der Waals surface area contributed by atoms with Gasteiger partial charge in [0.1, 0.15) is 11.5 Å². The molecule has 0 radical (unpaired) electrons. The lowest BCUT2D eigenvalue weighted by atomic mass is 9.67. The smallest absolute Gasteiger partial charge is 0.119 e. The highest BCUT2D eigenvalue weighted by Gasteiger charge is 2.35. The maximum atomic E-state index is 10.8. The van der Waals surface area contributed by atoms with Gasteiger partial charge in [0.2, 0.25) is 0 Å². The van der Waals surface area contributed by atoms with E-state index in [1.54, 1.807) is 12.1 Å². The van der Waals surface area contributed by atoms with Crippen molar-refractivity contribution in [2.75, 3.05) is 0 Å². The Morgan fingerprint density at radius 2 is 1.14 bits per heavy atom. The first-order chi connectivity index (χ1) is 20.6. The van der Waals surface area contributed by atoms with Crippen molar-refractivity contribution in [1.29, 1.82) is 0 Å². The summed E-state index contributed by atoms with van der Waals surface area (Å²) >= 11 is 0. The van der Waals surface area contributed by atoms with Crippen LogP contribution >= 0.6 is 0 Å². The van der Waals surface area contributed by atoms with E-state index in [1.165, 1.54) is 0 Å². The van der Waals surface area contributed by atoms with Crippen molar-refractivity contribution in [3.8, 4) is 11.5 Å². The van der Waals surface area contributed by atoms with Gasteiger partial charge >= 0.3 is 0 Å². The van der Waals surface area contributed by atoms with Gasteiger partial charge in [0.25, 0.3) is 0 Å². The molecule has 4 rings (SSSR count). The van der Waals surface area contributed by atoms with E-state index in [2.05, 4.69) is 89.1 Å². The third-order valence-electron chi connectivity index (χ3n) is 9.04. The molecule has 3 N–H and O–H groups in total. The van der Waals surface area contributed by atoms with Gasteiger partial charge in [-0.05, 0) is 110 Å². The van der Waals surface area contributed by atoms with Crippen molar-refractivity contribution in [2.45, 2.75) is 84.2 Å². The molecule has 0 heterocycles. The number of hydrogen-bond donors (Lipinski definition) is 3. The van der Waals surface area contributed by atoms with Crippen molar-refractivity contribution < 1.29 is 15.3 Å². The van der Waals surface area contributed by atoms with Gasteiger partial charge in [-0.25, -0.2) is 0 Å². The Hall–Kier alpha value is -4.08.